The molecule has 1 aromatic heterocycles. The van der Waals surface area contributed by atoms with Gasteiger partial charge >= 0.3 is 0 Å². The second-order valence-corrected chi connectivity index (χ2v) is 11.0. The molecule has 0 saturated carbocycles. The van der Waals surface area contributed by atoms with E-state index in [1.165, 1.54) is 28.7 Å². The second kappa shape index (κ2) is 9.49. The van der Waals surface area contributed by atoms with Gasteiger partial charge in [-0.15, -0.1) is 0 Å². The van der Waals surface area contributed by atoms with Crippen LogP contribution in [0.2, 0.25) is 0 Å². The molecule has 0 unspecified atom stereocenters. The van der Waals surface area contributed by atoms with Gasteiger partial charge in [-0.2, -0.15) is 19.7 Å². The lowest BCUT2D eigenvalue weighted by Gasteiger charge is -2.40. The molecule has 2 bridgehead atoms. The van der Waals surface area contributed by atoms with Gasteiger partial charge in [0.15, 0.2) is 0 Å². The standard InChI is InChI=1S/C20H25BrN6O5S/c1-32-11-13-9-26(10-15-8-23-25-24-15)20(29)18-4-2-3-17(13)27(18)33(30,31)16-6-12(19(22)28)5-14(21)7-16/h5-8,13,17-18H,2-4,9-11H2,1H3,(H2,22,28)(H,23,24,25)/t13-,17-,18+/m1/s1. The highest BCUT2D eigenvalue weighted by Crippen LogP contribution is 2.38. The number of sulfonamides is 1. The number of hydrogen-bond donors (Lipinski definition) is 2. The fourth-order valence-electron chi connectivity index (χ4n) is 4.73. The van der Waals surface area contributed by atoms with Crippen molar-refractivity contribution in [3.05, 3.63) is 40.1 Å². The van der Waals surface area contributed by atoms with Gasteiger partial charge in [-0.05, 0) is 37.5 Å². The smallest absolute Gasteiger partial charge is 0.248 e. The van der Waals surface area contributed by atoms with Crippen LogP contribution in [0.3, 0.4) is 0 Å². The van der Waals surface area contributed by atoms with Crippen LogP contribution in [0.1, 0.15) is 35.3 Å². The predicted molar refractivity (Wildman–Crippen MR) is 120 cm³/mol. The van der Waals surface area contributed by atoms with Crippen molar-refractivity contribution in [1.29, 1.82) is 0 Å². The molecule has 2 saturated heterocycles. The lowest BCUT2D eigenvalue weighted by molar-refractivity contribution is -0.135. The molecule has 33 heavy (non-hydrogen) atoms. The number of nitrogens with zero attached hydrogens (tertiary/aromatic N) is 4. The lowest BCUT2D eigenvalue weighted by Crippen LogP contribution is -2.55. The fourth-order valence-corrected chi connectivity index (χ4v) is 7.33. The van der Waals surface area contributed by atoms with Crippen molar-refractivity contribution >= 4 is 37.8 Å². The number of aromatic amines is 1. The molecule has 2 aliphatic rings. The molecule has 2 aromatic rings. The van der Waals surface area contributed by atoms with Crippen LogP contribution in [-0.4, -0.2) is 77.2 Å². The van der Waals surface area contributed by atoms with E-state index in [1.54, 1.807) is 12.0 Å². The van der Waals surface area contributed by atoms with Gasteiger partial charge in [-0.3, -0.25) is 9.59 Å². The number of rotatable bonds is 7. The van der Waals surface area contributed by atoms with Crippen molar-refractivity contribution in [1.82, 2.24) is 24.6 Å². The number of primary amides is 1. The molecule has 0 spiro atoms. The number of aromatic nitrogens is 3. The minimum atomic E-state index is -4.13. The summed E-state index contributed by atoms with van der Waals surface area (Å²) in [4.78, 5) is 26.9. The van der Waals surface area contributed by atoms with E-state index in [0.717, 1.165) is 6.42 Å². The van der Waals surface area contributed by atoms with E-state index in [1.807, 2.05) is 0 Å². The minimum Gasteiger partial charge on any atom is -0.384 e. The molecule has 4 rings (SSSR count). The van der Waals surface area contributed by atoms with Gasteiger partial charge in [0.05, 0.1) is 24.2 Å². The monoisotopic (exact) mass is 540 g/mol. The van der Waals surface area contributed by atoms with Crippen molar-refractivity contribution in [2.45, 2.75) is 42.8 Å². The molecular weight excluding hydrogens is 516 g/mol. The minimum absolute atomic E-state index is 0.0651. The molecule has 11 nitrogen and oxygen atoms in total. The quantitative estimate of drug-likeness (QED) is 0.528. The molecule has 2 amide bonds. The summed E-state index contributed by atoms with van der Waals surface area (Å²) in [6, 6.07) is 2.84. The van der Waals surface area contributed by atoms with Gasteiger partial charge in [-0.1, -0.05) is 15.9 Å². The zero-order valence-corrected chi connectivity index (χ0v) is 20.4. The summed E-state index contributed by atoms with van der Waals surface area (Å²) in [7, 11) is -2.58. The Hall–Kier alpha value is -2.35. The lowest BCUT2D eigenvalue weighted by atomic mass is 9.91. The third-order valence-corrected chi connectivity index (χ3v) is 8.51. The van der Waals surface area contributed by atoms with E-state index in [2.05, 4.69) is 31.3 Å². The first-order chi connectivity index (χ1) is 15.7. The molecule has 1 aromatic carbocycles. The van der Waals surface area contributed by atoms with Crippen molar-refractivity contribution in [3.8, 4) is 0 Å². The maximum Gasteiger partial charge on any atom is 0.248 e. The summed E-state index contributed by atoms with van der Waals surface area (Å²) in [5, 5.41) is 10.4. The summed E-state index contributed by atoms with van der Waals surface area (Å²) in [5.41, 5.74) is 6.05. The van der Waals surface area contributed by atoms with Crippen molar-refractivity contribution in [3.63, 3.8) is 0 Å². The van der Waals surface area contributed by atoms with Crippen LogP contribution in [0.5, 0.6) is 0 Å². The summed E-state index contributed by atoms with van der Waals surface area (Å²) in [6.45, 7) is 0.837. The van der Waals surface area contributed by atoms with E-state index < -0.39 is 28.0 Å². The normalized spacial score (nSPS) is 24.0. The average molecular weight is 541 g/mol. The van der Waals surface area contributed by atoms with E-state index in [4.69, 9.17) is 10.5 Å². The Balaban J connectivity index is 1.78. The molecular formula is C20H25BrN6O5S. The number of amides is 2. The number of nitrogens with two attached hydrogens (primary N) is 1. The van der Waals surface area contributed by atoms with Crippen LogP contribution < -0.4 is 5.73 Å². The third kappa shape index (κ3) is 4.67. The molecule has 3 heterocycles. The van der Waals surface area contributed by atoms with E-state index in [9.17, 15) is 18.0 Å². The van der Waals surface area contributed by atoms with Gasteiger partial charge in [0.25, 0.3) is 0 Å². The molecule has 13 heteroatoms. The summed E-state index contributed by atoms with van der Waals surface area (Å²) in [5.74, 6) is -1.26. The van der Waals surface area contributed by atoms with Crippen LogP contribution >= 0.6 is 15.9 Å². The van der Waals surface area contributed by atoms with E-state index in [-0.39, 0.29) is 35.4 Å². The zero-order valence-electron chi connectivity index (χ0n) is 18.0. The maximum absolute atomic E-state index is 13.9. The maximum atomic E-state index is 13.9. The Morgan fingerprint density at radius 3 is 2.79 bits per heavy atom. The number of H-pyrrole nitrogens is 1. The van der Waals surface area contributed by atoms with Gasteiger partial charge < -0.3 is 15.4 Å². The summed E-state index contributed by atoms with van der Waals surface area (Å²) >= 11 is 3.26. The second-order valence-electron chi connectivity index (χ2n) is 8.28. The number of halogens is 1. The van der Waals surface area contributed by atoms with Gasteiger partial charge in [-0.25, -0.2) is 8.42 Å². The van der Waals surface area contributed by atoms with Crippen LogP contribution in [0.25, 0.3) is 0 Å². The fraction of sp³-hybridized carbons (Fsp3) is 0.500. The highest BCUT2D eigenvalue weighted by Gasteiger charge is 2.50. The van der Waals surface area contributed by atoms with E-state index in [0.29, 0.717) is 29.6 Å². The largest absolute Gasteiger partial charge is 0.384 e. The zero-order chi connectivity index (χ0) is 23.8. The number of carbonyl (C=O) groups excluding carboxylic acids is 2. The SMILES string of the molecule is COC[C@H]1CN(Cc2cn[nH]n2)C(=O)[C@@H]2CCC[C@H]1N2S(=O)(=O)c1cc(Br)cc(C(N)=O)c1. The number of piperidine rings is 1. The highest BCUT2D eigenvalue weighted by molar-refractivity contribution is 9.10. The highest BCUT2D eigenvalue weighted by atomic mass is 79.9. The number of carbonyl (C=O) groups is 2. The first-order valence-corrected chi connectivity index (χ1v) is 12.7. The Morgan fingerprint density at radius 2 is 2.12 bits per heavy atom. The summed E-state index contributed by atoms with van der Waals surface area (Å²) < 4.78 is 35.0. The molecule has 178 valence electrons. The third-order valence-electron chi connectivity index (χ3n) is 6.14. The van der Waals surface area contributed by atoms with Gasteiger partial charge in [0.1, 0.15) is 11.7 Å². The number of methoxy groups -OCH3 is 1. The number of ether oxygens (including phenoxy) is 1. The Labute approximate surface area is 199 Å². The number of benzene rings is 1. The Morgan fingerprint density at radius 1 is 1.33 bits per heavy atom. The molecule has 2 fully saturated rings. The topological polar surface area (TPSA) is 152 Å². The van der Waals surface area contributed by atoms with Crippen LogP contribution in [0.15, 0.2) is 33.8 Å². The molecule has 2 aliphatic heterocycles. The number of nitrogens with one attached hydrogen (secondary N) is 1. The van der Waals surface area contributed by atoms with E-state index >= 15 is 0 Å². The summed E-state index contributed by atoms with van der Waals surface area (Å²) in [6.07, 6.45) is 3.26. The first-order valence-electron chi connectivity index (χ1n) is 10.5. The molecule has 3 N–H and O–H groups in total. The van der Waals surface area contributed by atoms with Crippen LogP contribution in [0, 0.1) is 5.92 Å². The Bertz CT molecular complexity index is 1140. The molecule has 0 radical (unpaired) electrons. The van der Waals surface area contributed by atoms with Crippen molar-refractivity contribution in [2.75, 3.05) is 20.3 Å². The van der Waals surface area contributed by atoms with Crippen molar-refractivity contribution < 1.29 is 22.7 Å². The Kier molecular flexibility index (Phi) is 6.84. The van der Waals surface area contributed by atoms with Crippen LogP contribution in [-0.2, 0) is 26.1 Å². The molecule has 0 aliphatic carbocycles. The predicted octanol–water partition coefficient (Wildman–Crippen LogP) is 0.883. The molecule has 3 atom stereocenters. The van der Waals surface area contributed by atoms with Crippen LogP contribution in [0.4, 0.5) is 0 Å². The van der Waals surface area contributed by atoms with Gasteiger partial charge in [0, 0.05) is 35.7 Å². The van der Waals surface area contributed by atoms with Gasteiger partial charge in [0.2, 0.25) is 21.8 Å². The number of hydrogen-bond acceptors (Lipinski definition) is 7. The number of fused-ring (bicyclic) bond motifs is 2. The first kappa shape index (κ1) is 23.8. The van der Waals surface area contributed by atoms with Crippen molar-refractivity contribution in [2.24, 2.45) is 11.7 Å². The average Bonchev–Trinajstić information content (AvgIpc) is 3.27.